The number of aromatic hydroxyl groups is 2. The van der Waals surface area contributed by atoms with Gasteiger partial charge in [0.25, 0.3) is 0 Å². The van der Waals surface area contributed by atoms with Crippen molar-refractivity contribution in [2.45, 2.75) is 57.5 Å². The van der Waals surface area contributed by atoms with Crippen molar-refractivity contribution in [3.05, 3.63) is 47.7 Å². The lowest BCUT2D eigenvalue weighted by Gasteiger charge is -2.28. The number of benzene rings is 2. The van der Waals surface area contributed by atoms with E-state index in [4.69, 9.17) is 29.7 Å². The molecule has 2 saturated heterocycles. The van der Waals surface area contributed by atoms with Gasteiger partial charge in [-0.3, -0.25) is 14.0 Å². The summed E-state index contributed by atoms with van der Waals surface area (Å²) >= 11 is 2.95. The second-order valence-corrected chi connectivity index (χ2v) is 16.4. The Kier molecular flexibility index (Phi) is 7.79. The van der Waals surface area contributed by atoms with E-state index in [1.807, 2.05) is 42.5 Å². The normalized spacial score (nSPS) is 16.7. The summed E-state index contributed by atoms with van der Waals surface area (Å²) < 4.78 is 11.9. The van der Waals surface area contributed by atoms with Crippen LogP contribution in [0.4, 0.5) is 0 Å². The van der Waals surface area contributed by atoms with Crippen LogP contribution in [0.3, 0.4) is 0 Å². The first kappa shape index (κ1) is 32.7. The van der Waals surface area contributed by atoms with E-state index < -0.39 is 0 Å². The molecule has 2 fully saturated rings. The van der Waals surface area contributed by atoms with Crippen LogP contribution >= 0.6 is 22.7 Å². The van der Waals surface area contributed by atoms with Gasteiger partial charge in [0.1, 0.15) is 38.1 Å². The fraction of sp³-hybridized carbons (Fsp3) is 0.405. The van der Waals surface area contributed by atoms with Crippen molar-refractivity contribution in [1.29, 1.82) is 0 Å². The van der Waals surface area contributed by atoms with Gasteiger partial charge < -0.3 is 24.8 Å². The van der Waals surface area contributed by atoms with Gasteiger partial charge in [-0.25, -0.2) is 15.0 Å². The van der Waals surface area contributed by atoms with Gasteiger partial charge in [-0.05, 0) is 83.9 Å². The molecule has 6 aromatic heterocycles. The fourth-order valence-electron chi connectivity index (χ4n) is 8.04. The summed E-state index contributed by atoms with van der Waals surface area (Å²) in [6, 6.07) is 4.51. The molecule has 0 radical (unpaired) electrons. The minimum atomic E-state index is 0.101. The largest absolute Gasteiger partial charge is 0.507 e. The molecule has 10 rings (SSSR count). The average Bonchev–Trinajstić information content (AvgIpc) is 3.99. The number of hydrogen-bond donors (Lipinski definition) is 3. The van der Waals surface area contributed by atoms with Gasteiger partial charge in [0.2, 0.25) is 0 Å². The number of oxazole rings is 1. The Morgan fingerprint density at radius 2 is 1.34 bits per heavy atom. The van der Waals surface area contributed by atoms with Gasteiger partial charge in [0.05, 0.1) is 41.1 Å². The number of hydrogen-bond acceptors (Lipinski definition) is 13. The maximum atomic E-state index is 11.9. The minimum absolute atomic E-state index is 0.101. The van der Waals surface area contributed by atoms with E-state index in [0.717, 1.165) is 77.9 Å². The number of aromatic nitrogens is 9. The summed E-state index contributed by atoms with van der Waals surface area (Å²) in [6.07, 6.45) is 11.0. The molecular formula is C37H39N11O3S2. The highest BCUT2D eigenvalue weighted by molar-refractivity contribution is 7.21. The molecule has 0 unspecified atom stereocenters. The molecule has 3 N–H and O–H groups in total. The number of piperidine rings is 2. The summed E-state index contributed by atoms with van der Waals surface area (Å²) in [6.45, 7) is 5.88. The highest BCUT2D eigenvalue weighted by Crippen LogP contribution is 2.44. The van der Waals surface area contributed by atoms with Crippen LogP contribution in [0.25, 0.3) is 63.8 Å². The Balaban J connectivity index is 0.994. The molecule has 2 aromatic carbocycles. The van der Waals surface area contributed by atoms with Crippen LogP contribution in [0.2, 0.25) is 0 Å². The van der Waals surface area contributed by atoms with Crippen molar-refractivity contribution in [3.8, 4) is 32.6 Å². The van der Waals surface area contributed by atoms with Crippen LogP contribution in [0.5, 0.6) is 11.5 Å². The van der Waals surface area contributed by atoms with Gasteiger partial charge in [-0.1, -0.05) is 22.7 Å². The van der Waals surface area contributed by atoms with Gasteiger partial charge in [-0.2, -0.15) is 15.3 Å². The zero-order valence-electron chi connectivity index (χ0n) is 29.7. The zero-order valence-corrected chi connectivity index (χ0v) is 31.3. The van der Waals surface area contributed by atoms with E-state index in [1.165, 1.54) is 22.7 Å². The molecule has 8 aromatic rings. The van der Waals surface area contributed by atoms with Crippen molar-refractivity contribution >= 4 is 65.4 Å². The molecular weight excluding hydrogens is 711 g/mol. The maximum Gasteiger partial charge on any atom is 0.192 e. The summed E-state index contributed by atoms with van der Waals surface area (Å²) in [5.74, 6) is 0.737. The smallest absolute Gasteiger partial charge is 0.192 e. The molecule has 0 atom stereocenters. The number of nitrogens with zero attached hydrogens (tertiary/aromatic N) is 10. The number of rotatable bonds is 7. The minimum Gasteiger partial charge on any atom is -0.507 e. The topological polar surface area (TPSA) is 161 Å². The van der Waals surface area contributed by atoms with Crippen molar-refractivity contribution < 1.29 is 14.6 Å². The molecule has 0 saturated carbocycles. The van der Waals surface area contributed by atoms with Crippen LogP contribution in [0.15, 0.2) is 35.1 Å². The third-order valence-corrected chi connectivity index (χ3v) is 12.8. The van der Waals surface area contributed by atoms with Gasteiger partial charge >= 0.3 is 0 Å². The third kappa shape index (κ3) is 5.66. The van der Waals surface area contributed by atoms with Gasteiger partial charge in [0.15, 0.2) is 21.1 Å². The number of likely N-dealkylation sites (tertiary alicyclic amines) is 1. The van der Waals surface area contributed by atoms with Crippen LogP contribution in [0.1, 0.15) is 54.8 Å². The van der Waals surface area contributed by atoms with Crippen molar-refractivity contribution in [2.75, 3.05) is 33.2 Å². The van der Waals surface area contributed by atoms with Gasteiger partial charge in [0, 0.05) is 36.7 Å². The molecule has 0 bridgehead atoms. The third-order valence-electron chi connectivity index (χ3n) is 10.9. The maximum absolute atomic E-state index is 11.9. The lowest BCUT2D eigenvalue weighted by molar-refractivity contribution is 0.213. The molecule has 0 aliphatic carbocycles. The fourth-order valence-corrected chi connectivity index (χ4v) is 9.90. The summed E-state index contributed by atoms with van der Waals surface area (Å²) in [5, 5.41) is 44.0. The first-order chi connectivity index (χ1) is 25.8. The second-order valence-electron chi connectivity index (χ2n) is 14.5. The summed E-state index contributed by atoms with van der Waals surface area (Å²) in [4.78, 5) is 18.6. The van der Waals surface area contributed by atoms with Crippen LogP contribution in [0, 0.1) is 6.92 Å². The van der Waals surface area contributed by atoms with E-state index in [-0.39, 0.29) is 11.5 Å². The average molecular weight is 750 g/mol. The molecule has 53 heavy (non-hydrogen) atoms. The molecule has 272 valence electrons. The Morgan fingerprint density at radius 3 is 1.96 bits per heavy atom. The molecule has 2 aliphatic rings. The highest BCUT2D eigenvalue weighted by Gasteiger charge is 2.26. The standard InChI is InChI=1S/C37H39N11O3S2/c1-19-39-31-24(33(50)26(15-29(31)51-19)35-41-27-17-47(43-36(27)53-35)21-6-10-38-11-7-21)5-4-23-30-20(16-46(3)42-30)14-25(32(23)49)34-40-28-18-48(44-37(28)52-34)22-8-12-45(2)13-9-22/h14-18,21-22,38,49-50H,4-13H2,1-3H3. The molecule has 8 heterocycles. The van der Waals surface area contributed by atoms with Crippen molar-refractivity contribution in [3.63, 3.8) is 0 Å². The lowest BCUT2D eigenvalue weighted by atomic mass is 9.96. The first-order valence-corrected chi connectivity index (χ1v) is 19.8. The lowest BCUT2D eigenvalue weighted by Crippen LogP contribution is -2.31. The number of thiazole rings is 2. The zero-order chi connectivity index (χ0) is 36.0. The number of phenols is 2. The number of nitrogens with one attached hydrogen (secondary N) is 1. The van der Waals surface area contributed by atoms with Crippen molar-refractivity contribution in [1.82, 2.24) is 54.5 Å². The van der Waals surface area contributed by atoms with Crippen LogP contribution in [-0.2, 0) is 19.9 Å². The Hall–Kier alpha value is -4.90. The molecule has 16 heteroatoms. The van der Waals surface area contributed by atoms with E-state index in [0.29, 0.717) is 79.7 Å². The number of fused-ring (bicyclic) bond motifs is 4. The summed E-state index contributed by atoms with van der Waals surface area (Å²) in [7, 11) is 4.04. The highest BCUT2D eigenvalue weighted by atomic mass is 32.1. The summed E-state index contributed by atoms with van der Waals surface area (Å²) in [5.41, 5.74) is 6.05. The van der Waals surface area contributed by atoms with Crippen LogP contribution in [-0.4, -0.2) is 92.6 Å². The van der Waals surface area contributed by atoms with E-state index in [9.17, 15) is 10.2 Å². The Labute approximate surface area is 311 Å². The van der Waals surface area contributed by atoms with E-state index in [1.54, 1.807) is 11.6 Å². The van der Waals surface area contributed by atoms with E-state index in [2.05, 4.69) is 26.9 Å². The Morgan fingerprint density at radius 1 is 0.755 bits per heavy atom. The second kappa shape index (κ2) is 12.6. The first-order valence-electron chi connectivity index (χ1n) is 18.2. The SMILES string of the molecule is Cc1nc2c(CCc3c(O)c(-c4nc5cn(C6CCN(C)CC6)nc5s4)cc4cn(C)nc34)c(O)c(-c3nc4cn(C5CCNCC5)nc4s3)cc2o1. The van der Waals surface area contributed by atoms with Gasteiger partial charge in [-0.15, -0.1) is 0 Å². The molecule has 2 aliphatic heterocycles. The monoisotopic (exact) mass is 749 g/mol. The van der Waals surface area contributed by atoms with Crippen molar-refractivity contribution in [2.24, 2.45) is 7.05 Å². The Bertz CT molecular complexity index is 2600. The van der Waals surface area contributed by atoms with Crippen LogP contribution < -0.4 is 5.32 Å². The quantitative estimate of drug-likeness (QED) is 0.166. The number of phenolic OH excluding ortho intramolecular Hbond substituents is 2. The predicted octanol–water partition coefficient (Wildman–Crippen LogP) is 6.36. The molecule has 0 amide bonds. The molecule has 14 nitrogen and oxygen atoms in total. The number of aryl methyl sites for hydroxylation is 4. The predicted molar refractivity (Wildman–Crippen MR) is 206 cm³/mol. The van der Waals surface area contributed by atoms with E-state index >= 15 is 0 Å². The molecule has 0 spiro atoms.